The van der Waals surface area contributed by atoms with Gasteiger partial charge < -0.3 is 5.32 Å². The Bertz CT molecular complexity index is 711. The molecule has 0 aliphatic heterocycles. The molecule has 0 aliphatic carbocycles. The average molecular weight is 317 g/mol. The first kappa shape index (κ1) is 13.7. The van der Waals surface area contributed by atoms with Crippen molar-refractivity contribution in [3.05, 3.63) is 46.5 Å². The van der Waals surface area contributed by atoms with Crippen LogP contribution in [0.1, 0.15) is 5.01 Å². The molecule has 0 radical (unpaired) electrons. The van der Waals surface area contributed by atoms with Crippen molar-refractivity contribution in [3.63, 3.8) is 0 Å². The lowest BCUT2D eigenvalue weighted by Gasteiger charge is -2.02. The summed E-state index contributed by atoms with van der Waals surface area (Å²) in [6.07, 6.45) is 5.10. The number of nitrogens with one attached hydrogen (secondary N) is 2. The molecule has 0 saturated heterocycles. The van der Waals surface area contributed by atoms with Gasteiger partial charge in [0.05, 0.1) is 12.2 Å². The van der Waals surface area contributed by atoms with Crippen LogP contribution in [0.5, 0.6) is 0 Å². The predicted molar refractivity (Wildman–Crippen MR) is 83.3 cm³/mol. The smallest absolute Gasteiger partial charge is 0.321 e. The first-order chi connectivity index (χ1) is 10.3. The van der Waals surface area contributed by atoms with Crippen LogP contribution >= 0.6 is 22.7 Å². The van der Waals surface area contributed by atoms with E-state index in [1.54, 1.807) is 24.0 Å². The van der Waals surface area contributed by atoms with E-state index < -0.39 is 0 Å². The first-order valence-electron chi connectivity index (χ1n) is 6.10. The van der Waals surface area contributed by atoms with E-state index in [9.17, 15) is 4.79 Å². The Balaban J connectivity index is 1.56. The molecule has 6 nitrogen and oxygen atoms in total. The Morgan fingerprint density at radius 1 is 1.19 bits per heavy atom. The molecular formula is C13H11N5OS2. The van der Waals surface area contributed by atoms with Crippen LogP contribution in [-0.4, -0.2) is 21.0 Å². The van der Waals surface area contributed by atoms with Crippen LogP contribution in [0.15, 0.2) is 41.5 Å². The zero-order valence-electron chi connectivity index (χ0n) is 10.8. The quantitative estimate of drug-likeness (QED) is 0.775. The number of anilines is 1. The highest BCUT2D eigenvalue weighted by Crippen LogP contribution is 2.20. The molecule has 0 bridgehead atoms. The van der Waals surface area contributed by atoms with E-state index in [1.807, 2.05) is 17.5 Å². The van der Waals surface area contributed by atoms with Crippen LogP contribution in [0.2, 0.25) is 0 Å². The summed E-state index contributed by atoms with van der Waals surface area (Å²) >= 11 is 2.88. The fraction of sp³-hybridized carbons (Fsp3) is 0.0769. The molecule has 8 heteroatoms. The lowest BCUT2D eigenvalue weighted by atomic mass is 10.2. The summed E-state index contributed by atoms with van der Waals surface area (Å²) in [7, 11) is 0. The fourth-order valence-corrected chi connectivity index (χ4v) is 2.90. The third-order valence-electron chi connectivity index (χ3n) is 2.58. The molecular weight excluding hydrogens is 306 g/mol. The van der Waals surface area contributed by atoms with Crippen molar-refractivity contribution >= 4 is 33.8 Å². The van der Waals surface area contributed by atoms with Gasteiger partial charge in [-0.25, -0.2) is 14.8 Å². The monoisotopic (exact) mass is 317 g/mol. The molecule has 0 aromatic carbocycles. The standard InChI is InChI=1S/C13H11N5OS2/c19-12(18-13-15-5-6-20-13)16-7-11-17-10(8-21-11)9-1-3-14-4-2-9/h1-6,8H,7H2,(H2,15,16,18,19). The molecule has 3 aromatic rings. The number of carbonyl (C=O) groups excluding carboxylic acids is 1. The number of carbonyl (C=O) groups is 1. The third-order valence-corrected chi connectivity index (χ3v) is 4.12. The molecule has 3 aromatic heterocycles. The van der Waals surface area contributed by atoms with E-state index >= 15 is 0 Å². The van der Waals surface area contributed by atoms with Gasteiger partial charge in [0.2, 0.25) is 0 Å². The minimum atomic E-state index is -0.286. The lowest BCUT2D eigenvalue weighted by Crippen LogP contribution is -2.28. The van der Waals surface area contributed by atoms with Crippen molar-refractivity contribution in [2.24, 2.45) is 0 Å². The second-order valence-corrected chi connectivity index (χ2v) is 5.84. The zero-order chi connectivity index (χ0) is 14.5. The Labute approximate surface area is 128 Å². The van der Waals surface area contributed by atoms with Crippen molar-refractivity contribution in [1.29, 1.82) is 0 Å². The summed E-state index contributed by atoms with van der Waals surface area (Å²) in [5.41, 5.74) is 1.90. The lowest BCUT2D eigenvalue weighted by molar-refractivity contribution is 0.251. The largest absolute Gasteiger partial charge is 0.331 e. The topological polar surface area (TPSA) is 79.8 Å². The Morgan fingerprint density at radius 3 is 2.81 bits per heavy atom. The highest BCUT2D eigenvalue weighted by molar-refractivity contribution is 7.13. The second-order valence-electron chi connectivity index (χ2n) is 4.01. The number of amides is 2. The number of aromatic nitrogens is 3. The molecule has 0 saturated carbocycles. The summed E-state index contributed by atoms with van der Waals surface area (Å²) in [6, 6.07) is 3.52. The Kier molecular flexibility index (Phi) is 4.17. The summed E-state index contributed by atoms with van der Waals surface area (Å²) in [5, 5.41) is 10.6. The van der Waals surface area contributed by atoms with Gasteiger partial charge in [-0.1, -0.05) is 0 Å². The van der Waals surface area contributed by atoms with Crippen molar-refractivity contribution < 1.29 is 4.79 Å². The number of nitrogens with zero attached hydrogens (tertiary/aromatic N) is 3. The van der Waals surface area contributed by atoms with Gasteiger partial charge in [-0.2, -0.15) is 0 Å². The molecule has 21 heavy (non-hydrogen) atoms. The van der Waals surface area contributed by atoms with Crippen LogP contribution in [0, 0.1) is 0 Å². The number of urea groups is 1. The summed E-state index contributed by atoms with van der Waals surface area (Å²) in [5.74, 6) is 0. The van der Waals surface area contributed by atoms with Gasteiger partial charge in [0.1, 0.15) is 5.01 Å². The Morgan fingerprint density at radius 2 is 2.05 bits per heavy atom. The van der Waals surface area contributed by atoms with Crippen molar-refractivity contribution in [2.45, 2.75) is 6.54 Å². The average Bonchev–Trinajstić information content (AvgIpc) is 3.17. The summed E-state index contributed by atoms with van der Waals surface area (Å²) in [4.78, 5) is 24.1. The fourth-order valence-electron chi connectivity index (χ4n) is 1.63. The van der Waals surface area contributed by atoms with Gasteiger partial charge in [0, 0.05) is 34.9 Å². The van der Waals surface area contributed by atoms with Crippen LogP contribution < -0.4 is 10.6 Å². The summed E-state index contributed by atoms with van der Waals surface area (Å²) in [6.45, 7) is 0.382. The van der Waals surface area contributed by atoms with Crippen LogP contribution in [0.3, 0.4) is 0 Å². The first-order valence-corrected chi connectivity index (χ1v) is 7.86. The van der Waals surface area contributed by atoms with Gasteiger partial charge in [-0.3, -0.25) is 10.3 Å². The van der Waals surface area contributed by atoms with Crippen LogP contribution in [0.4, 0.5) is 9.93 Å². The van der Waals surface area contributed by atoms with Gasteiger partial charge in [0.25, 0.3) is 0 Å². The van der Waals surface area contributed by atoms with Gasteiger partial charge in [0.15, 0.2) is 5.13 Å². The minimum Gasteiger partial charge on any atom is -0.331 e. The van der Waals surface area contributed by atoms with E-state index in [2.05, 4.69) is 25.6 Å². The van der Waals surface area contributed by atoms with Crippen molar-refractivity contribution in [1.82, 2.24) is 20.3 Å². The molecule has 3 heterocycles. The number of hydrogen-bond donors (Lipinski definition) is 2. The third kappa shape index (κ3) is 3.61. The van der Waals surface area contributed by atoms with E-state index in [0.717, 1.165) is 16.3 Å². The molecule has 0 atom stereocenters. The van der Waals surface area contributed by atoms with Gasteiger partial charge in [-0.05, 0) is 12.1 Å². The second kappa shape index (κ2) is 6.42. The molecule has 2 N–H and O–H groups in total. The number of rotatable bonds is 4. The molecule has 0 unspecified atom stereocenters. The maximum atomic E-state index is 11.7. The Hall–Kier alpha value is -2.32. The van der Waals surface area contributed by atoms with Crippen LogP contribution in [0.25, 0.3) is 11.3 Å². The molecule has 0 aliphatic rings. The normalized spacial score (nSPS) is 10.3. The highest BCUT2D eigenvalue weighted by Gasteiger charge is 2.07. The molecule has 0 fully saturated rings. The highest BCUT2D eigenvalue weighted by atomic mass is 32.1. The maximum Gasteiger partial charge on any atom is 0.321 e. The van der Waals surface area contributed by atoms with Crippen LogP contribution in [-0.2, 0) is 6.54 Å². The van der Waals surface area contributed by atoms with E-state index in [4.69, 9.17) is 0 Å². The number of pyridine rings is 1. The van der Waals surface area contributed by atoms with Crippen molar-refractivity contribution in [2.75, 3.05) is 5.32 Å². The number of hydrogen-bond acceptors (Lipinski definition) is 6. The van der Waals surface area contributed by atoms with Gasteiger partial charge in [-0.15, -0.1) is 22.7 Å². The summed E-state index contributed by atoms with van der Waals surface area (Å²) < 4.78 is 0. The molecule has 106 valence electrons. The SMILES string of the molecule is O=C(NCc1nc(-c2ccncc2)cs1)Nc1nccs1. The molecule has 3 rings (SSSR count). The predicted octanol–water partition coefficient (Wildman–Crippen LogP) is 2.98. The van der Waals surface area contributed by atoms with E-state index in [1.165, 1.54) is 22.7 Å². The molecule has 2 amide bonds. The number of thiazole rings is 2. The van der Waals surface area contributed by atoms with E-state index in [-0.39, 0.29) is 6.03 Å². The maximum absolute atomic E-state index is 11.7. The zero-order valence-corrected chi connectivity index (χ0v) is 12.4. The van der Waals surface area contributed by atoms with Crippen molar-refractivity contribution in [3.8, 4) is 11.3 Å². The molecule has 0 spiro atoms. The van der Waals surface area contributed by atoms with E-state index in [0.29, 0.717) is 11.7 Å². The van der Waals surface area contributed by atoms with Gasteiger partial charge >= 0.3 is 6.03 Å². The minimum absolute atomic E-state index is 0.286.